The number of benzene rings is 2. The molecule has 144 valence electrons. The van der Waals surface area contributed by atoms with Crippen molar-refractivity contribution in [2.24, 2.45) is 0 Å². The van der Waals surface area contributed by atoms with Crippen molar-refractivity contribution in [3.63, 3.8) is 0 Å². The number of hydrogen-bond acceptors (Lipinski definition) is 3. The molecule has 0 radical (unpaired) electrons. The van der Waals surface area contributed by atoms with Crippen molar-refractivity contribution in [3.05, 3.63) is 76.2 Å². The molecule has 0 saturated carbocycles. The summed E-state index contributed by atoms with van der Waals surface area (Å²) < 4.78 is 14.2. The molecule has 1 heterocycles. The zero-order valence-corrected chi connectivity index (χ0v) is 15.9. The maximum atomic E-state index is 14.2. The molecule has 1 atom stereocenters. The second-order valence-electron chi connectivity index (χ2n) is 6.93. The highest BCUT2D eigenvalue weighted by molar-refractivity contribution is 6.07. The van der Waals surface area contributed by atoms with Gasteiger partial charge in [-0.15, -0.1) is 0 Å². The van der Waals surface area contributed by atoms with E-state index in [0.29, 0.717) is 16.6 Å². The number of pyridine rings is 1. The van der Waals surface area contributed by atoms with Crippen LogP contribution in [0.15, 0.2) is 42.5 Å². The van der Waals surface area contributed by atoms with Crippen LogP contribution in [0.25, 0.3) is 10.9 Å². The van der Waals surface area contributed by atoms with Crippen molar-refractivity contribution in [3.8, 4) is 0 Å². The quantitative estimate of drug-likeness (QED) is 0.694. The Hall–Kier alpha value is -3.28. The topological polar surface area (TPSA) is 79.3 Å². The molecule has 0 aliphatic heterocycles. The molecule has 5 nitrogen and oxygen atoms in total. The number of hydrogen-bond donors (Lipinski definition) is 2. The van der Waals surface area contributed by atoms with Gasteiger partial charge in [0.15, 0.2) is 0 Å². The van der Waals surface area contributed by atoms with Crippen LogP contribution in [0.5, 0.6) is 0 Å². The lowest BCUT2D eigenvalue weighted by atomic mass is 9.99. The van der Waals surface area contributed by atoms with Crippen LogP contribution in [0, 0.1) is 26.6 Å². The Balaban J connectivity index is 2.05. The molecule has 0 fully saturated rings. The lowest BCUT2D eigenvalue weighted by Gasteiger charge is -2.19. The molecule has 0 saturated heterocycles. The Kier molecular flexibility index (Phi) is 5.40. The van der Waals surface area contributed by atoms with E-state index in [2.05, 4.69) is 10.3 Å². The van der Waals surface area contributed by atoms with E-state index < -0.39 is 30.2 Å². The normalized spacial score (nSPS) is 12.0. The van der Waals surface area contributed by atoms with Crippen molar-refractivity contribution in [1.29, 1.82) is 0 Å². The zero-order chi connectivity index (χ0) is 20.4. The van der Waals surface area contributed by atoms with Crippen molar-refractivity contribution < 1.29 is 19.1 Å². The number of aromatic nitrogens is 1. The molecule has 0 aliphatic rings. The Morgan fingerprint density at radius 3 is 2.54 bits per heavy atom. The van der Waals surface area contributed by atoms with Crippen LogP contribution in [0.2, 0.25) is 0 Å². The van der Waals surface area contributed by atoms with Gasteiger partial charge in [-0.25, -0.2) is 4.39 Å². The van der Waals surface area contributed by atoms with Gasteiger partial charge in [0.05, 0.1) is 23.5 Å². The minimum Gasteiger partial charge on any atom is -0.481 e. The third kappa shape index (κ3) is 4.01. The van der Waals surface area contributed by atoms with Gasteiger partial charge in [0, 0.05) is 16.6 Å². The first-order chi connectivity index (χ1) is 13.3. The number of nitrogens with zero attached hydrogens (tertiary/aromatic N) is 1. The Labute approximate surface area is 162 Å². The molecule has 6 heteroatoms. The van der Waals surface area contributed by atoms with Crippen LogP contribution in [0.3, 0.4) is 0 Å². The SMILES string of the molecule is Cc1cc(C)c2nc(C)cc(C(=O)NC(CC(=O)O)c3ccccc3F)c2c1. The fraction of sp³-hybridized carbons (Fsp3) is 0.227. The molecule has 1 unspecified atom stereocenters. The highest BCUT2D eigenvalue weighted by Crippen LogP contribution is 2.25. The monoisotopic (exact) mass is 380 g/mol. The zero-order valence-electron chi connectivity index (χ0n) is 15.9. The van der Waals surface area contributed by atoms with E-state index in [0.717, 1.165) is 16.6 Å². The molecule has 3 aromatic rings. The predicted molar refractivity (Wildman–Crippen MR) is 105 cm³/mol. The number of halogens is 1. The molecular formula is C22H21FN2O3. The smallest absolute Gasteiger partial charge is 0.305 e. The third-order valence-corrected chi connectivity index (χ3v) is 4.59. The molecule has 28 heavy (non-hydrogen) atoms. The van der Waals surface area contributed by atoms with Crippen molar-refractivity contribution in [2.75, 3.05) is 0 Å². The number of nitrogens with one attached hydrogen (secondary N) is 1. The standard InChI is InChI=1S/C22H21FN2O3/c1-12-8-13(2)21-16(9-12)17(10-14(3)24-21)22(28)25-19(11-20(26)27)15-6-4-5-7-18(15)23/h4-10,19H,11H2,1-3H3,(H,25,28)(H,26,27). The largest absolute Gasteiger partial charge is 0.481 e. The van der Waals surface area contributed by atoms with Crippen LogP contribution >= 0.6 is 0 Å². The molecule has 1 aromatic heterocycles. The van der Waals surface area contributed by atoms with Crippen LogP contribution < -0.4 is 5.32 Å². The maximum absolute atomic E-state index is 14.2. The summed E-state index contributed by atoms with van der Waals surface area (Å²) in [4.78, 5) is 28.9. The number of fused-ring (bicyclic) bond motifs is 1. The minimum atomic E-state index is -1.13. The van der Waals surface area contributed by atoms with Gasteiger partial charge in [0.2, 0.25) is 0 Å². The first kappa shape index (κ1) is 19.5. The van der Waals surface area contributed by atoms with Crippen LogP contribution in [0.1, 0.15) is 45.2 Å². The van der Waals surface area contributed by atoms with Gasteiger partial charge in [-0.05, 0) is 44.5 Å². The van der Waals surface area contributed by atoms with E-state index in [4.69, 9.17) is 0 Å². The van der Waals surface area contributed by atoms with Gasteiger partial charge >= 0.3 is 5.97 Å². The summed E-state index contributed by atoms with van der Waals surface area (Å²) in [5.74, 6) is -2.15. The number of aliphatic carboxylic acids is 1. The number of carboxylic acid groups (broad SMARTS) is 1. The Bertz CT molecular complexity index is 1080. The fourth-order valence-corrected chi connectivity index (χ4v) is 3.40. The first-order valence-electron chi connectivity index (χ1n) is 8.92. The molecule has 3 rings (SSSR count). The second-order valence-corrected chi connectivity index (χ2v) is 6.93. The summed E-state index contributed by atoms with van der Waals surface area (Å²) in [5, 5.41) is 12.6. The van der Waals surface area contributed by atoms with Gasteiger partial charge in [-0.3, -0.25) is 14.6 Å². The molecule has 0 spiro atoms. The van der Waals surface area contributed by atoms with Gasteiger partial charge in [0.25, 0.3) is 5.91 Å². The maximum Gasteiger partial charge on any atom is 0.305 e. The number of carbonyl (C=O) groups excluding carboxylic acids is 1. The molecule has 1 amide bonds. The van der Waals surface area contributed by atoms with E-state index in [1.165, 1.54) is 18.2 Å². The van der Waals surface area contributed by atoms with Crippen LogP contribution in [-0.2, 0) is 4.79 Å². The predicted octanol–water partition coefficient (Wildman–Crippen LogP) is 4.24. The lowest BCUT2D eigenvalue weighted by Crippen LogP contribution is -2.31. The van der Waals surface area contributed by atoms with E-state index in [9.17, 15) is 19.1 Å². The highest BCUT2D eigenvalue weighted by atomic mass is 19.1. The molecule has 0 aliphatic carbocycles. The number of carbonyl (C=O) groups is 2. The van der Waals surface area contributed by atoms with Gasteiger partial charge in [-0.2, -0.15) is 0 Å². The summed E-state index contributed by atoms with van der Waals surface area (Å²) in [6.45, 7) is 5.65. The third-order valence-electron chi connectivity index (χ3n) is 4.59. The summed E-state index contributed by atoms with van der Waals surface area (Å²) in [6.07, 6.45) is -0.424. The summed E-state index contributed by atoms with van der Waals surface area (Å²) in [6, 6.07) is 10.4. The van der Waals surface area contributed by atoms with Gasteiger partial charge in [0.1, 0.15) is 5.82 Å². The van der Waals surface area contributed by atoms with Crippen LogP contribution in [0.4, 0.5) is 4.39 Å². The van der Waals surface area contributed by atoms with E-state index in [1.54, 1.807) is 19.1 Å². The summed E-state index contributed by atoms with van der Waals surface area (Å²) in [5.41, 5.74) is 3.85. The Morgan fingerprint density at radius 1 is 1.14 bits per heavy atom. The molecular weight excluding hydrogens is 359 g/mol. The minimum absolute atomic E-state index is 0.140. The number of amides is 1. The summed E-state index contributed by atoms with van der Waals surface area (Å²) in [7, 11) is 0. The van der Waals surface area contributed by atoms with Crippen molar-refractivity contribution >= 4 is 22.8 Å². The summed E-state index contributed by atoms with van der Waals surface area (Å²) >= 11 is 0. The fourth-order valence-electron chi connectivity index (χ4n) is 3.40. The van der Waals surface area contributed by atoms with Gasteiger partial charge < -0.3 is 10.4 Å². The van der Waals surface area contributed by atoms with Gasteiger partial charge in [-0.1, -0.05) is 29.8 Å². The van der Waals surface area contributed by atoms with E-state index in [-0.39, 0.29) is 5.56 Å². The number of carboxylic acids is 1. The molecule has 0 bridgehead atoms. The number of aryl methyl sites for hydroxylation is 3. The Morgan fingerprint density at radius 2 is 1.86 bits per heavy atom. The van der Waals surface area contributed by atoms with E-state index in [1.807, 2.05) is 26.0 Å². The molecule has 2 N–H and O–H groups in total. The van der Waals surface area contributed by atoms with Crippen molar-refractivity contribution in [2.45, 2.75) is 33.2 Å². The van der Waals surface area contributed by atoms with E-state index >= 15 is 0 Å². The number of rotatable bonds is 5. The molecule has 2 aromatic carbocycles. The first-order valence-corrected chi connectivity index (χ1v) is 8.92. The second kappa shape index (κ2) is 7.76. The van der Waals surface area contributed by atoms with Crippen molar-refractivity contribution in [1.82, 2.24) is 10.3 Å². The highest BCUT2D eigenvalue weighted by Gasteiger charge is 2.23. The lowest BCUT2D eigenvalue weighted by molar-refractivity contribution is -0.137. The average Bonchev–Trinajstić information content (AvgIpc) is 2.61. The average molecular weight is 380 g/mol. The van der Waals surface area contributed by atoms with Crippen LogP contribution in [-0.4, -0.2) is 22.0 Å².